The molecule has 9 nitrogen and oxygen atoms in total. The molecule has 1 rings (SSSR count). The van der Waals surface area contributed by atoms with E-state index < -0.39 is 57.6 Å². The Bertz CT molecular complexity index is 603. The average Bonchev–Trinajstić information content (AvgIpc) is 2.46. The van der Waals surface area contributed by atoms with Crippen molar-refractivity contribution >= 4 is 35.8 Å². The number of thiol groups is 1. The first kappa shape index (κ1) is 20.9. The molecule has 0 aromatic carbocycles. The predicted molar refractivity (Wildman–Crippen MR) is 81.2 cm³/mol. The molecule has 1 unspecified atom stereocenters. The third-order valence-corrected chi connectivity index (χ3v) is 4.85. The first-order chi connectivity index (χ1) is 10.7. The molecule has 1 aliphatic rings. The van der Waals surface area contributed by atoms with Gasteiger partial charge < -0.3 is 25.2 Å². The number of hydrogen-bond acceptors (Lipinski definition) is 10. The number of carbonyl (C=O) groups is 4. The van der Waals surface area contributed by atoms with E-state index in [1.807, 2.05) is 0 Å². The van der Waals surface area contributed by atoms with Crippen LogP contribution in [0.4, 0.5) is 0 Å². The molecular weight excluding hydrogens is 344 g/mol. The summed E-state index contributed by atoms with van der Waals surface area (Å²) >= 11 is 3.80. The summed E-state index contributed by atoms with van der Waals surface area (Å²) in [6.45, 7) is 3.26. The van der Waals surface area contributed by atoms with Gasteiger partial charge >= 0.3 is 0 Å². The summed E-state index contributed by atoms with van der Waals surface area (Å²) in [5.41, 5.74) is -11.8. The molecule has 24 heavy (non-hydrogen) atoms. The van der Waals surface area contributed by atoms with Crippen molar-refractivity contribution in [2.75, 3.05) is 0 Å². The van der Waals surface area contributed by atoms with Crippen molar-refractivity contribution in [3.63, 3.8) is 0 Å². The van der Waals surface area contributed by atoms with Crippen molar-refractivity contribution < 1.29 is 44.3 Å². The fraction of sp³-hybridized carbons (Fsp3) is 0.714. The Balaban J connectivity index is 3.86. The van der Waals surface area contributed by atoms with Crippen LogP contribution in [0.15, 0.2) is 0 Å². The second-order valence-electron chi connectivity index (χ2n) is 5.86. The monoisotopic (exact) mass is 364 g/mol. The third kappa shape index (κ3) is 2.37. The number of ketones is 4. The Morgan fingerprint density at radius 2 is 1.38 bits per heavy atom. The lowest BCUT2D eigenvalue weighted by molar-refractivity contribution is -0.297. The maximum atomic E-state index is 12.1. The molecule has 0 aromatic rings. The predicted octanol–water partition coefficient (Wildman–Crippen LogP) is -2.45. The van der Waals surface area contributed by atoms with Gasteiger partial charge in [0.25, 0.3) is 0 Å². The van der Waals surface area contributed by atoms with Gasteiger partial charge in [-0.3, -0.25) is 19.2 Å². The van der Waals surface area contributed by atoms with Gasteiger partial charge in [-0.05, 0) is 27.7 Å². The Morgan fingerprint density at radius 1 is 0.958 bits per heavy atom. The molecule has 0 radical (unpaired) electrons. The lowest BCUT2D eigenvalue weighted by Gasteiger charge is -2.56. The van der Waals surface area contributed by atoms with Crippen molar-refractivity contribution in [2.45, 2.75) is 62.1 Å². The van der Waals surface area contributed by atoms with Gasteiger partial charge in [0.1, 0.15) is 11.5 Å². The summed E-state index contributed by atoms with van der Waals surface area (Å²) in [6.07, 6.45) is -3.97. The van der Waals surface area contributed by atoms with Crippen LogP contribution in [0.2, 0.25) is 0 Å². The molecule has 10 heteroatoms. The van der Waals surface area contributed by atoms with E-state index in [1.165, 1.54) is 0 Å². The Labute approximate surface area is 143 Å². The van der Waals surface area contributed by atoms with Crippen molar-refractivity contribution in [1.29, 1.82) is 0 Å². The summed E-state index contributed by atoms with van der Waals surface area (Å²) in [7, 11) is 0. The van der Waals surface area contributed by atoms with Gasteiger partial charge in [-0.15, -0.1) is 12.6 Å². The van der Waals surface area contributed by atoms with Crippen molar-refractivity contribution in [1.82, 2.24) is 0 Å². The lowest BCUT2D eigenvalue weighted by atomic mass is 9.60. The zero-order chi connectivity index (χ0) is 19.2. The quantitative estimate of drug-likeness (QED) is 0.334. The summed E-state index contributed by atoms with van der Waals surface area (Å²) in [5.74, 6) is -5.14. The smallest absolute Gasteiger partial charge is 0.201 e. The summed E-state index contributed by atoms with van der Waals surface area (Å²) in [4.78, 5) is 48.2. The molecule has 1 fully saturated rings. The molecule has 0 bridgehead atoms. The third-order valence-electron chi connectivity index (χ3n) is 4.36. The summed E-state index contributed by atoms with van der Waals surface area (Å²) < 4.78 is 5.01. The van der Waals surface area contributed by atoms with Gasteiger partial charge in [0.05, 0.1) is 0 Å². The van der Waals surface area contributed by atoms with Gasteiger partial charge in [-0.2, -0.15) is 0 Å². The number of carbonyl (C=O) groups excluding carboxylic acids is 4. The van der Waals surface area contributed by atoms with Gasteiger partial charge in [-0.25, -0.2) is 0 Å². The molecule has 1 saturated heterocycles. The number of aliphatic hydroxyl groups is 4. The highest BCUT2D eigenvalue weighted by atomic mass is 32.1. The Morgan fingerprint density at radius 3 is 1.67 bits per heavy atom. The van der Waals surface area contributed by atoms with E-state index in [9.17, 15) is 39.6 Å². The highest BCUT2D eigenvalue weighted by Crippen LogP contribution is 2.47. The van der Waals surface area contributed by atoms with Crippen LogP contribution in [0.5, 0.6) is 0 Å². The fourth-order valence-corrected chi connectivity index (χ4v) is 3.37. The minimum absolute atomic E-state index is 0.720. The molecule has 4 N–H and O–H groups in total. The van der Waals surface area contributed by atoms with Crippen LogP contribution in [-0.2, 0) is 23.9 Å². The maximum absolute atomic E-state index is 12.1. The number of Topliss-reactive ketones (excluding diaryl/α,β-unsaturated/α-hetero) is 4. The van der Waals surface area contributed by atoms with Crippen molar-refractivity contribution in [3.8, 4) is 0 Å². The van der Waals surface area contributed by atoms with Crippen molar-refractivity contribution in [3.05, 3.63) is 0 Å². The Hall–Kier alpha value is -1.17. The van der Waals surface area contributed by atoms with Gasteiger partial charge in [-0.1, -0.05) is 0 Å². The van der Waals surface area contributed by atoms with Crippen LogP contribution in [-0.4, -0.2) is 78.0 Å². The fourth-order valence-electron chi connectivity index (χ4n) is 2.88. The zero-order valence-electron chi connectivity index (χ0n) is 13.5. The van der Waals surface area contributed by atoms with Crippen LogP contribution in [0.25, 0.3) is 0 Å². The molecule has 0 spiro atoms. The van der Waals surface area contributed by atoms with E-state index in [-0.39, 0.29) is 0 Å². The highest BCUT2D eigenvalue weighted by molar-refractivity contribution is 7.80. The van der Waals surface area contributed by atoms with Gasteiger partial charge in [0.2, 0.25) is 5.60 Å². The van der Waals surface area contributed by atoms with E-state index in [4.69, 9.17) is 4.74 Å². The number of hydrogen-bond donors (Lipinski definition) is 5. The van der Waals surface area contributed by atoms with Crippen LogP contribution in [0.1, 0.15) is 27.7 Å². The van der Waals surface area contributed by atoms with Crippen molar-refractivity contribution in [2.24, 2.45) is 0 Å². The molecule has 0 saturated carbocycles. The van der Waals surface area contributed by atoms with Gasteiger partial charge in [0, 0.05) is 0 Å². The molecule has 136 valence electrons. The molecule has 0 aromatic heterocycles. The average molecular weight is 364 g/mol. The zero-order valence-corrected chi connectivity index (χ0v) is 14.4. The summed E-state index contributed by atoms with van der Waals surface area (Å²) in [6, 6.07) is 0. The number of ether oxygens (including phenoxy) is 1. The second-order valence-corrected chi connectivity index (χ2v) is 6.33. The second kappa shape index (κ2) is 6.28. The molecule has 6 atom stereocenters. The molecule has 0 aliphatic carbocycles. The van der Waals surface area contributed by atoms with E-state index in [2.05, 4.69) is 12.6 Å². The molecule has 1 aliphatic heterocycles. The highest BCUT2D eigenvalue weighted by Gasteiger charge is 2.78. The van der Waals surface area contributed by atoms with Crippen LogP contribution in [0, 0.1) is 0 Å². The minimum atomic E-state index is -3.42. The first-order valence-electron chi connectivity index (χ1n) is 6.96. The molecule has 0 amide bonds. The molecular formula is C14H20O9S. The largest absolute Gasteiger partial charge is 0.386 e. The van der Waals surface area contributed by atoms with Crippen LogP contribution < -0.4 is 0 Å². The summed E-state index contributed by atoms with van der Waals surface area (Å²) in [5, 5.41) is 41.7. The normalized spacial score (nSPS) is 40.7. The SMILES string of the molecule is CC(=O)[C@@]1(O)[C@@](O)(C(C)=O)[C@H](S)O[C@H](C(=O)C(C)O)[C@]1(O)C(C)=O. The van der Waals surface area contributed by atoms with Crippen LogP contribution >= 0.6 is 12.6 Å². The number of aliphatic hydroxyl groups excluding tert-OH is 1. The van der Waals surface area contributed by atoms with E-state index in [1.54, 1.807) is 0 Å². The van der Waals surface area contributed by atoms with E-state index in [0.29, 0.717) is 0 Å². The number of rotatable bonds is 5. The van der Waals surface area contributed by atoms with Gasteiger partial charge in [0.15, 0.2) is 40.4 Å². The first-order valence-corrected chi connectivity index (χ1v) is 7.47. The van der Waals surface area contributed by atoms with E-state index in [0.717, 1.165) is 27.7 Å². The van der Waals surface area contributed by atoms with Crippen LogP contribution in [0.3, 0.4) is 0 Å². The lowest BCUT2D eigenvalue weighted by Crippen LogP contribution is -2.86. The standard InChI is InChI=1S/C14H20O9S/c1-5(15)9(19)10-12(20,6(2)16)14(22,8(4)18)13(21,7(3)17)11(24)23-10/h5,10-11,15,20-22,24H,1-4H3/t5?,10-,11+,12-,13-,14+/m1/s1. The maximum Gasteiger partial charge on any atom is 0.201 e. The topological polar surface area (TPSA) is 158 Å². The van der Waals surface area contributed by atoms with E-state index >= 15 is 0 Å². The molecule has 1 heterocycles. The Kier molecular flexibility index (Phi) is 5.46. The minimum Gasteiger partial charge on any atom is -0.386 e.